The molecule has 6 nitrogen and oxygen atoms in total. The van der Waals surface area contributed by atoms with Gasteiger partial charge < -0.3 is 14.0 Å². The maximum atomic E-state index is 12.4. The molecule has 25 heavy (non-hydrogen) atoms. The molecular weight excluding hydrogens is 336 g/mol. The van der Waals surface area contributed by atoms with Crippen molar-refractivity contribution in [2.45, 2.75) is 31.2 Å². The van der Waals surface area contributed by atoms with Crippen LogP contribution in [0.1, 0.15) is 31.5 Å². The number of aryl methyl sites for hydroxylation is 1. The number of hydrogen-bond donors (Lipinski definition) is 0. The third-order valence-corrected chi connectivity index (χ3v) is 5.02. The van der Waals surface area contributed by atoms with Gasteiger partial charge >= 0.3 is 0 Å². The summed E-state index contributed by atoms with van der Waals surface area (Å²) in [4.78, 5) is 19.5. The van der Waals surface area contributed by atoms with Gasteiger partial charge in [-0.1, -0.05) is 37.2 Å². The second-order valence-corrected chi connectivity index (χ2v) is 7.38. The van der Waals surface area contributed by atoms with Gasteiger partial charge in [0, 0.05) is 42.0 Å². The molecule has 0 fully saturated rings. The summed E-state index contributed by atoms with van der Waals surface area (Å²) in [5.74, 6) is 1.73. The van der Waals surface area contributed by atoms with Crippen molar-refractivity contribution in [3.63, 3.8) is 0 Å². The van der Waals surface area contributed by atoms with E-state index in [1.807, 2.05) is 33.0 Å². The predicted octanol–water partition coefficient (Wildman–Crippen LogP) is 3.44. The highest BCUT2D eigenvalue weighted by molar-refractivity contribution is 8.00. The number of nitrogens with zero attached hydrogens (tertiary/aromatic N) is 4. The molecule has 0 aliphatic heterocycles. The molecule has 1 aromatic carbocycles. The Morgan fingerprint density at radius 2 is 2.12 bits per heavy atom. The van der Waals surface area contributed by atoms with E-state index in [2.05, 4.69) is 33.0 Å². The summed E-state index contributed by atoms with van der Waals surface area (Å²) in [5, 5.41) is 5.10. The van der Waals surface area contributed by atoms with Crippen molar-refractivity contribution in [3.05, 3.63) is 42.2 Å². The van der Waals surface area contributed by atoms with E-state index in [1.165, 1.54) is 10.9 Å². The number of fused-ring (bicyclic) bond motifs is 1. The summed E-state index contributed by atoms with van der Waals surface area (Å²) < 4.78 is 7.26. The average Bonchev–Trinajstić information content (AvgIpc) is 3.18. The number of amides is 1. The highest BCUT2D eigenvalue weighted by atomic mass is 32.2. The first-order valence-electron chi connectivity index (χ1n) is 8.19. The lowest BCUT2D eigenvalue weighted by atomic mass is 10.2. The molecule has 0 saturated carbocycles. The first-order chi connectivity index (χ1) is 12.0. The van der Waals surface area contributed by atoms with Crippen LogP contribution in [0.3, 0.4) is 0 Å². The fourth-order valence-electron chi connectivity index (χ4n) is 2.54. The molecule has 0 aliphatic carbocycles. The Kier molecular flexibility index (Phi) is 5.13. The number of thioether (sulfide) groups is 1. The molecular formula is C18H22N4O2S. The molecule has 0 atom stereocenters. The molecule has 3 aromatic rings. The summed E-state index contributed by atoms with van der Waals surface area (Å²) in [6, 6.07) is 8.20. The average molecular weight is 358 g/mol. The monoisotopic (exact) mass is 358 g/mol. The van der Waals surface area contributed by atoms with E-state index in [-0.39, 0.29) is 11.8 Å². The van der Waals surface area contributed by atoms with E-state index in [0.717, 1.165) is 4.90 Å². The van der Waals surface area contributed by atoms with E-state index < -0.39 is 0 Å². The molecule has 132 valence electrons. The second kappa shape index (κ2) is 7.31. The highest BCUT2D eigenvalue weighted by Gasteiger charge is 2.16. The Hall–Kier alpha value is -2.28. The number of carbonyl (C=O) groups is 1. The van der Waals surface area contributed by atoms with Gasteiger partial charge in [0.2, 0.25) is 11.8 Å². The number of carbonyl (C=O) groups excluding carboxylic acids is 1. The Morgan fingerprint density at radius 1 is 1.36 bits per heavy atom. The molecule has 0 radical (unpaired) electrons. The van der Waals surface area contributed by atoms with Crippen LogP contribution in [-0.2, 0) is 18.4 Å². The minimum absolute atomic E-state index is 0.0360. The predicted molar refractivity (Wildman–Crippen MR) is 98.5 cm³/mol. The zero-order valence-electron chi connectivity index (χ0n) is 14.9. The Bertz CT molecular complexity index is 884. The maximum absolute atomic E-state index is 12.4. The molecule has 0 N–H and O–H groups in total. The van der Waals surface area contributed by atoms with Gasteiger partial charge in [0.25, 0.3) is 0 Å². The Labute approximate surface area is 151 Å². The zero-order valence-corrected chi connectivity index (χ0v) is 15.7. The third-order valence-electron chi connectivity index (χ3n) is 3.99. The van der Waals surface area contributed by atoms with Crippen LogP contribution in [0.5, 0.6) is 0 Å². The van der Waals surface area contributed by atoms with Crippen molar-refractivity contribution in [1.29, 1.82) is 0 Å². The topological polar surface area (TPSA) is 64.2 Å². The molecule has 0 unspecified atom stereocenters. The number of benzene rings is 1. The van der Waals surface area contributed by atoms with Gasteiger partial charge in [-0.25, -0.2) is 0 Å². The molecule has 0 aliphatic rings. The van der Waals surface area contributed by atoms with Gasteiger partial charge in [-0.05, 0) is 6.07 Å². The molecule has 3 rings (SSSR count). The molecule has 0 spiro atoms. The molecule has 7 heteroatoms. The van der Waals surface area contributed by atoms with Crippen molar-refractivity contribution in [2.24, 2.45) is 7.05 Å². The molecule has 2 heterocycles. The normalized spacial score (nSPS) is 11.4. The van der Waals surface area contributed by atoms with Gasteiger partial charge in [0.05, 0.1) is 12.3 Å². The first-order valence-corrected chi connectivity index (χ1v) is 9.17. The van der Waals surface area contributed by atoms with Crippen LogP contribution in [0.4, 0.5) is 0 Å². The lowest BCUT2D eigenvalue weighted by molar-refractivity contribution is -0.127. The quantitative estimate of drug-likeness (QED) is 0.632. The fourth-order valence-corrected chi connectivity index (χ4v) is 3.60. The third kappa shape index (κ3) is 3.87. The summed E-state index contributed by atoms with van der Waals surface area (Å²) in [6.45, 7) is 4.34. The van der Waals surface area contributed by atoms with Crippen molar-refractivity contribution in [3.8, 4) is 0 Å². The van der Waals surface area contributed by atoms with Gasteiger partial charge in [0.1, 0.15) is 0 Å². The molecule has 0 saturated heterocycles. The van der Waals surface area contributed by atoms with E-state index in [4.69, 9.17) is 4.52 Å². The van der Waals surface area contributed by atoms with Crippen molar-refractivity contribution in [2.75, 3.05) is 12.8 Å². The van der Waals surface area contributed by atoms with Crippen molar-refractivity contribution in [1.82, 2.24) is 19.6 Å². The van der Waals surface area contributed by atoms with E-state index in [1.54, 1.807) is 23.7 Å². The highest BCUT2D eigenvalue weighted by Crippen LogP contribution is 2.29. The number of para-hydroxylation sites is 1. The smallest absolute Gasteiger partial charge is 0.233 e. The van der Waals surface area contributed by atoms with Crippen LogP contribution in [0.2, 0.25) is 0 Å². The number of rotatable bonds is 6. The largest absolute Gasteiger partial charge is 0.349 e. The lowest BCUT2D eigenvalue weighted by Crippen LogP contribution is -2.28. The van der Waals surface area contributed by atoms with Gasteiger partial charge in [-0.3, -0.25) is 4.79 Å². The van der Waals surface area contributed by atoms with Crippen molar-refractivity contribution < 1.29 is 9.32 Å². The Morgan fingerprint density at radius 3 is 2.84 bits per heavy atom. The van der Waals surface area contributed by atoms with E-state index in [0.29, 0.717) is 24.0 Å². The maximum Gasteiger partial charge on any atom is 0.233 e. The van der Waals surface area contributed by atoms with Crippen LogP contribution >= 0.6 is 11.8 Å². The first kappa shape index (κ1) is 17.5. The van der Waals surface area contributed by atoms with Crippen LogP contribution in [0.15, 0.2) is 39.9 Å². The molecule has 1 amide bonds. The zero-order chi connectivity index (χ0) is 18.0. The van der Waals surface area contributed by atoms with Gasteiger partial charge in [-0.2, -0.15) is 4.98 Å². The summed E-state index contributed by atoms with van der Waals surface area (Å²) in [5.41, 5.74) is 1.17. The molecule has 0 bridgehead atoms. The minimum Gasteiger partial charge on any atom is -0.349 e. The molecule has 2 aromatic heterocycles. The van der Waals surface area contributed by atoms with Crippen LogP contribution in [0.25, 0.3) is 10.9 Å². The van der Waals surface area contributed by atoms with Crippen molar-refractivity contribution >= 4 is 28.6 Å². The minimum atomic E-state index is 0.0360. The van der Waals surface area contributed by atoms with Gasteiger partial charge in [-0.15, -0.1) is 11.8 Å². The standard InChI is InChI=1S/C18H22N4O2S/c1-12(2)18-19-16(20-24-18)10-22(4)17(23)11-25-15-9-21(3)14-8-6-5-7-13(14)15/h5-9,12H,10-11H2,1-4H3. The fraction of sp³-hybridized carbons (Fsp3) is 0.389. The summed E-state index contributed by atoms with van der Waals surface area (Å²) in [6.07, 6.45) is 2.07. The second-order valence-electron chi connectivity index (χ2n) is 6.36. The van der Waals surface area contributed by atoms with E-state index in [9.17, 15) is 4.79 Å². The van der Waals surface area contributed by atoms with Crippen LogP contribution in [0, 0.1) is 0 Å². The number of aromatic nitrogens is 3. The van der Waals surface area contributed by atoms with Crippen LogP contribution < -0.4 is 0 Å². The van der Waals surface area contributed by atoms with Crippen LogP contribution in [-0.4, -0.2) is 38.3 Å². The van der Waals surface area contributed by atoms with Gasteiger partial charge in [0.15, 0.2) is 5.82 Å². The number of hydrogen-bond acceptors (Lipinski definition) is 5. The summed E-state index contributed by atoms with van der Waals surface area (Å²) >= 11 is 1.55. The summed E-state index contributed by atoms with van der Waals surface area (Å²) in [7, 11) is 3.78. The van der Waals surface area contributed by atoms with E-state index >= 15 is 0 Å². The lowest BCUT2D eigenvalue weighted by Gasteiger charge is -2.14. The Balaban J connectivity index is 1.61. The SMILES string of the molecule is CC(C)c1nc(CN(C)C(=O)CSc2cn(C)c3ccccc23)no1.